The Morgan fingerprint density at radius 1 is 0.967 bits per heavy atom. The molecular formula is C25H36O4Si. The fourth-order valence-electron chi connectivity index (χ4n) is 4.69. The fraction of sp³-hybridized carbons (Fsp3) is 0.520. The van der Waals surface area contributed by atoms with Crippen LogP contribution in [0.1, 0.15) is 40.5 Å². The number of aliphatic hydroxyl groups excluding tert-OH is 2. The van der Waals surface area contributed by atoms with Gasteiger partial charge in [0.1, 0.15) is 0 Å². The van der Waals surface area contributed by atoms with Crippen LogP contribution in [0, 0.1) is 5.92 Å². The maximum atomic E-state index is 10.3. The predicted molar refractivity (Wildman–Crippen MR) is 124 cm³/mol. The lowest BCUT2D eigenvalue weighted by Gasteiger charge is -2.45. The predicted octanol–water partition coefficient (Wildman–Crippen LogP) is 3.10. The SMILES string of the molecule is C[C@H]1C[C@H](O)[C@@H](CCO)O[C@H]1CO[Si](c1ccccc1)(c1ccccc1)C(C)(C)C. The van der Waals surface area contributed by atoms with Crippen molar-refractivity contribution in [2.24, 2.45) is 5.92 Å². The second-order valence-corrected chi connectivity index (χ2v) is 13.8. The van der Waals surface area contributed by atoms with Gasteiger partial charge in [0, 0.05) is 6.61 Å². The van der Waals surface area contributed by atoms with Gasteiger partial charge in [0.15, 0.2) is 0 Å². The normalized spacial score (nSPS) is 25.3. The van der Waals surface area contributed by atoms with Crippen LogP contribution in [0.2, 0.25) is 5.04 Å². The van der Waals surface area contributed by atoms with Crippen LogP contribution in [0.15, 0.2) is 60.7 Å². The Hall–Kier alpha value is -1.50. The van der Waals surface area contributed by atoms with Crippen molar-refractivity contribution in [1.82, 2.24) is 0 Å². The van der Waals surface area contributed by atoms with Gasteiger partial charge in [-0.1, -0.05) is 88.4 Å². The van der Waals surface area contributed by atoms with Gasteiger partial charge in [-0.3, -0.25) is 0 Å². The minimum absolute atomic E-state index is 0.0123. The summed E-state index contributed by atoms with van der Waals surface area (Å²) in [4.78, 5) is 0. The average Bonchev–Trinajstić information content (AvgIpc) is 2.72. The van der Waals surface area contributed by atoms with Gasteiger partial charge >= 0.3 is 0 Å². The van der Waals surface area contributed by atoms with Crippen LogP contribution in [-0.2, 0) is 9.16 Å². The number of hydrogen-bond acceptors (Lipinski definition) is 4. The van der Waals surface area contributed by atoms with Crippen molar-refractivity contribution in [3.8, 4) is 0 Å². The van der Waals surface area contributed by atoms with Crippen LogP contribution in [0.4, 0.5) is 0 Å². The molecule has 2 aromatic rings. The maximum Gasteiger partial charge on any atom is 0.261 e. The van der Waals surface area contributed by atoms with E-state index >= 15 is 0 Å². The quantitative estimate of drug-likeness (QED) is 0.666. The van der Waals surface area contributed by atoms with Crippen LogP contribution in [0.25, 0.3) is 0 Å². The van der Waals surface area contributed by atoms with Gasteiger partial charge in [0.2, 0.25) is 0 Å². The van der Waals surface area contributed by atoms with Gasteiger partial charge in [-0.2, -0.15) is 0 Å². The van der Waals surface area contributed by atoms with Crippen molar-refractivity contribution in [3.63, 3.8) is 0 Å². The molecule has 3 rings (SSSR count). The summed E-state index contributed by atoms with van der Waals surface area (Å²) in [5, 5.41) is 22.1. The molecule has 0 bridgehead atoms. The molecule has 2 aromatic carbocycles. The summed E-state index contributed by atoms with van der Waals surface area (Å²) in [5.41, 5.74) is 0. The first kappa shape index (κ1) is 23.2. The monoisotopic (exact) mass is 428 g/mol. The first-order valence-electron chi connectivity index (χ1n) is 11.0. The molecule has 0 saturated carbocycles. The van der Waals surface area contributed by atoms with Gasteiger partial charge < -0.3 is 19.4 Å². The molecule has 1 fully saturated rings. The van der Waals surface area contributed by atoms with Crippen molar-refractivity contribution in [2.45, 2.75) is 63.9 Å². The molecule has 1 heterocycles. The Kier molecular flexibility index (Phi) is 7.53. The van der Waals surface area contributed by atoms with E-state index in [-0.39, 0.29) is 29.8 Å². The number of ether oxygens (including phenoxy) is 1. The highest BCUT2D eigenvalue weighted by Crippen LogP contribution is 2.37. The molecular weight excluding hydrogens is 392 g/mol. The summed E-state index contributed by atoms with van der Waals surface area (Å²) in [6.45, 7) is 9.40. The summed E-state index contributed by atoms with van der Waals surface area (Å²) in [5.74, 6) is 0.188. The van der Waals surface area contributed by atoms with E-state index < -0.39 is 14.4 Å². The zero-order valence-electron chi connectivity index (χ0n) is 18.6. The number of hydrogen-bond donors (Lipinski definition) is 2. The summed E-state index contributed by atoms with van der Waals surface area (Å²) in [6, 6.07) is 21.2. The Bertz CT molecular complexity index is 735. The number of benzene rings is 2. The van der Waals surface area contributed by atoms with E-state index in [0.29, 0.717) is 19.4 Å². The summed E-state index contributed by atoms with van der Waals surface area (Å²) in [6.07, 6.45) is 0.144. The van der Waals surface area contributed by atoms with Crippen molar-refractivity contribution in [1.29, 1.82) is 0 Å². The molecule has 0 unspecified atom stereocenters. The minimum Gasteiger partial charge on any atom is -0.405 e. The summed E-state index contributed by atoms with van der Waals surface area (Å²) < 4.78 is 13.2. The van der Waals surface area contributed by atoms with E-state index in [2.05, 4.69) is 76.2 Å². The molecule has 2 N–H and O–H groups in total. The lowest BCUT2D eigenvalue weighted by Crippen LogP contribution is -2.67. The second-order valence-electron chi connectivity index (χ2n) is 9.48. The molecule has 5 heteroatoms. The van der Waals surface area contributed by atoms with Crippen LogP contribution >= 0.6 is 0 Å². The molecule has 1 saturated heterocycles. The molecule has 30 heavy (non-hydrogen) atoms. The average molecular weight is 429 g/mol. The largest absolute Gasteiger partial charge is 0.405 e. The Balaban J connectivity index is 1.96. The zero-order chi connectivity index (χ0) is 21.8. The first-order chi connectivity index (χ1) is 14.3. The zero-order valence-corrected chi connectivity index (χ0v) is 19.6. The third-order valence-electron chi connectivity index (χ3n) is 6.32. The number of rotatable bonds is 7. The van der Waals surface area contributed by atoms with Gasteiger partial charge in [-0.25, -0.2) is 0 Å². The highest BCUT2D eigenvalue weighted by Gasteiger charge is 2.51. The topological polar surface area (TPSA) is 58.9 Å². The number of aliphatic hydroxyl groups is 2. The van der Waals surface area contributed by atoms with Crippen LogP contribution in [-0.4, -0.2) is 50.1 Å². The van der Waals surface area contributed by atoms with Crippen LogP contribution in [0.3, 0.4) is 0 Å². The molecule has 164 valence electrons. The van der Waals surface area contributed by atoms with Crippen LogP contribution < -0.4 is 10.4 Å². The molecule has 0 aliphatic carbocycles. The summed E-state index contributed by atoms with van der Waals surface area (Å²) in [7, 11) is -2.61. The molecule has 0 spiro atoms. The molecule has 0 radical (unpaired) electrons. The first-order valence-corrected chi connectivity index (χ1v) is 12.9. The highest BCUT2D eigenvalue weighted by molar-refractivity contribution is 6.99. The molecule has 4 nitrogen and oxygen atoms in total. The van der Waals surface area contributed by atoms with Crippen molar-refractivity contribution >= 4 is 18.7 Å². The van der Waals surface area contributed by atoms with E-state index in [4.69, 9.17) is 9.16 Å². The van der Waals surface area contributed by atoms with E-state index in [1.807, 2.05) is 12.1 Å². The van der Waals surface area contributed by atoms with Gasteiger partial charge in [0.25, 0.3) is 8.32 Å². The fourth-order valence-corrected chi connectivity index (χ4v) is 9.26. The molecule has 0 aromatic heterocycles. The standard InChI is InChI=1S/C25H36O4Si/c1-19-17-22(27)23(15-16-26)29-24(19)18-28-30(25(2,3)4,20-11-7-5-8-12-20)21-13-9-6-10-14-21/h5-14,19,22-24,26-27H,15-18H2,1-4H3/t19-,22-,23+,24-/m0/s1. The van der Waals surface area contributed by atoms with Crippen molar-refractivity contribution in [3.05, 3.63) is 60.7 Å². The maximum absolute atomic E-state index is 10.3. The third kappa shape index (κ3) is 4.71. The van der Waals surface area contributed by atoms with Crippen molar-refractivity contribution < 1.29 is 19.4 Å². The summed E-state index contributed by atoms with van der Waals surface area (Å²) >= 11 is 0. The van der Waals surface area contributed by atoms with E-state index in [9.17, 15) is 10.2 Å². The Morgan fingerprint density at radius 2 is 1.50 bits per heavy atom. The van der Waals surface area contributed by atoms with Gasteiger partial charge in [-0.05, 0) is 34.2 Å². The lowest BCUT2D eigenvalue weighted by molar-refractivity contribution is -0.156. The Labute approximate surface area is 182 Å². The Morgan fingerprint density at radius 3 is 1.97 bits per heavy atom. The third-order valence-corrected chi connectivity index (χ3v) is 11.3. The molecule has 1 aliphatic heterocycles. The molecule has 0 amide bonds. The van der Waals surface area contributed by atoms with E-state index in [1.54, 1.807) is 0 Å². The highest BCUT2D eigenvalue weighted by atomic mass is 28.4. The lowest BCUT2D eigenvalue weighted by atomic mass is 9.90. The van der Waals surface area contributed by atoms with E-state index in [0.717, 1.165) is 0 Å². The van der Waals surface area contributed by atoms with Gasteiger partial charge in [-0.15, -0.1) is 0 Å². The smallest absolute Gasteiger partial charge is 0.261 e. The van der Waals surface area contributed by atoms with Crippen LogP contribution in [0.5, 0.6) is 0 Å². The van der Waals surface area contributed by atoms with Crippen molar-refractivity contribution in [2.75, 3.05) is 13.2 Å². The van der Waals surface area contributed by atoms with E-state index in [1.165, 1.54) is 10.4 Å². The molecule has 4 atom stereocenters. The minimum atomic E-state index is -2.61. The molecule has 1 aliphatic rings. The second kappa shape index (κ2) is 9.75. The van der Waals surface area contributed by atoms with Gasteiger partial charge in [0.05, 0.1) is 24.9 Å².